The first-order valence-corrected chi connectivity index (χ1v) is 10.8. The van der Waals surface area contributed by atoms with Gasteiger partial charge in [0.15, 0.2) is 5.13 Å². The number of carbonyl (C=O) groups is 1. The number of nitrogens with zero attached hydrogens (tertiary/aromatic N) is 2. The van der Waals surface area contributed by atoms with Crippen LogP contribution in [0.4, 0.5) is 14.3 Å². The minimum atomic E-state index is -0.350. The molecule has 0 radical (unpaired) electrons. The molecule has 3 N–H and O–H groups in total. The Morgan fingerprint density at radius 3 is 3.00 bits per heavy atom. The first-order chi connectivity index (χ1) is 14.3. The zero-order valence-electron chi connectivity index (χ0n) is 16.8. The zero-order chi connectivity index (χ0) is 21.0. The number of phenolic OH excluding ortho intramolecular Hbond substituents is 1. The predicted molar refractivity (Wildman–Crippen MR) is 116 cm³/mol. The number of hydrogen-bond acceptors (Lipinski definition) is 5. The van der Waals surface area contributed by atoms with E-state index in [9.17, 15) is 14.3 Å². The number of fused-ring (bicyclic) bond motifs is 5. The number of nitrogens with one attached hydrogen (secondary N) is 2. The van der Waals surface area contributed by atoms with E-state index in [-0.39, 0.29) is 35.1 Å². The highest BCUT2D eigenvalue weighted by Crippen LogP contribution is 2.45. The van der Waals surface area contributed by atoms with Crippen molar-refractivity contribution < 1.29 is 14.3 Å². The van der Waals surface area contributed by atoms with Gasteiger partial charge in [-0.1, -0.05) is 24.3 Å². The van der Waals surface area contributed by atoms with E-state index in [1.165, 1.54) is 29.0 Å². The van der Waals surface area contributed by atoms with E-state index in [2.05, 4.69) is 34.5 Å². The summed E-state index contributed by atoms with van der Waals surface area (Å²) in [6.07, 6.45) is 1.69. The van der Waals surface area contributed by atoms with E-state index >= 15 is 0 Å². The second-order valence-corrected chi connectivity index (χ2v) is 9.50. The SMILES string of the molecule is CN1CC[C@@]2(C)c3cc(O)ccc3C[C@@H]1[C@@H]2NC(=O)Nc1nc2cc(F)ccc2s1. The molecule has 1 saturated heterocycles. The molecule has 0 spiro atoms. The molecule has 1 aliphatic carbocycles. The van der Waals surface area contributed by atoms with Crippen LogP contribution in [0.25, 0.3) is 10.2 Å². The van der Waals surface area contributed by atoms with Crippen LogP contribution in [0.15, 0.2) is 36.4 Å². The van der Waals surface area contributed by atoms with Crippen molar-refractivity contribution in [1.29, 1.82) is 0 Å². The quantitative estimate of drug-likeness (QED) is 0.582. The second-order valence-electron chi connectivity index (χ2n) is 8.47. The van der Waals surface area contributed by atoms with Crippen LogP contribution in [0.3, 0.4) is 0 Å². The van der Waals surface area contributed by atoms with Crippen LogP contribution in [0.1, 0.15) is 24.5 Å². The highest BCUT2D eigenvalue weighted by atomic mass is 32.1. The summed E-state index contributed by atoms with van der Waals surface area (Å²) >= 11 is 1.31. The molecule has 2 aliphatic rings. The van der Waals surface area contributed by atoms with E-state index in [4.69, 9.17) is 0 Å². The highest BCUT2D eigenvalue weighted by molar-refractivity contribution is 7.22. The van der Waals surface area contributed by atoms with Crippen molar-refractivity contribution in [2.75, 3.05) is 18.9 Å². The smallest absolute Gasteiger partial charge is 0.321 e. The number of thiazole rings is 1. The minimum Gasteiger partial charge on any atom is -0.508 e. The molecule has 3 aromatic rings. The van der Waals surface area contributed by atoms with Crippen molar-refractivity contribution in [3.8, 4) is 5.75 Å². The predicted octanol–water partition coefficient (Wildman–Crippen LogP) is 3.85. The summed E-state index contributed by atoms with van der Waals surface area (Å²) in [6, 6.07) is 9.70. The van der Waals surface area contributed by atoms with Gasteiger partial charge in [-0.25, -0.2) is 14.2 Å². The Hall–Kier alpha value is -2.71. The number of aromatic hydroxyl groups is 1. The molecule has 156 valence electrons. The van der Waals surface area contributed by atoms with Gasteiger partial charge in [0, 0.05) is 17.5 Å². The summed E-state index contributed by atoms with van der Waals surface area (Å²) in [7, 11) is 2.09. The molecule has 1 aliphatic heterocycles. The number of amides is 2. The van der Waals surface area contributed by atoms with Gasteiger partial charge >= 0.3 is 6.03 Å². The number of carbonyl (C=O) groups excluding carboxylic acids is 1. The van der Waals surface area contributed by atoms with Gasteiger partial charge < -0.3 is 15.3 Å². The van der Waals surface area contributed by atoms with E-state index in [1.807, 2.05) is 12.1 Å². The lowest BCUT2D eigenvalue weighted by atomic mass is 9.61. The lowest BCUT2D eigenvalue weighted by molar-refractivity contribution is 0.0718. The molecule has 2 amide bonds. The maximum Gasteiger partial charge on any atom is 0.321 e. The summed E-state index contributed by atoms with van der Waals surface area (Å²) in [6.45, 7) is 3.09. The molecule has 2 heterocycles. The van der Waals surface area contributed by atoms with Crippen LogP contribution in [-0.4, -0.2) is 46.7 Å². The van der Waals surface area contributed by atoms with Crippen molar-refractivity contribution >= 4 is 32.7 Å². The van der Waals surface area contributed by atoms with Crippen LogP contribution in [0.5, 0.6) is 5.75 Å². The molecule has 8 heteroatoms. The maximum absolute atomic E-state index is 13.4. The van der Waals surface area contributed by atoms with Crippen molar-refractivity contribution in [2.24, 2.45) is 0 Å². The first kappa shape index (κ1) is 19.3. The third-order valence-corrected chi connectivity index (χ3v) is 7.57. The highest BCUT2D eigenvalue weighted by Gasteiger charge is 2.50. The van der Waals surface area contributed by atoms with Gasteiger partial charge in [-0.05, 0) is 61.8 Å². The Morgan fingerprint density at radius 2 is 2.17 bits per heavy atom. The standard InChI is InChI=1S/C22H23FN4O2S/c1-22-7-8-27(2)17(9-12-3-5-14(28)11-15(12)22)19(22)25-20(29)26-21-24-16-10-13(23)4-6-18(16)30-21/h3-6,10-11,17,19,28H,7-9H2,1-2H3,(H2,24,25,26,29)/t17-,19+,22+/m1/s1. The van der Waals surface area contributed by atoms with Gasteiger partial charge in [-0.2, -0.15) is 0 Å². The second kappa shape index (κ2) is 6.92. The lowest BCUT2D eigenvalue weighted by Gasteiger charge is -2.54. The Morgan fingerprint density at radius 1 is 1.33 bits per heavy atom. The van der Waals surface area contributed by atoms with Crippen molar-refractivity contribution in [2.45, 2.75) is 37.3 Å². The fourth-order valence-corrected chi connectivity index (χ4v) is 5.81. The van der Waals surface area contributed by atoms with Crippen molar-refractivity contribution in [3.05, 3.63) is 53.3 Å². The lowest BCUT2D eigenvalue weighted by Crippen LogP contribution is -2.67. The fourth-order valence-electron chi connectivity index (χ4n) is 4.97. The number of piperidine rings is 1. The molecule has 0 unspecified atom stereocenters. The number of phenols is 1. The normalized spacial score (nSPS) is 25.7. The van der Waals surface area contributed by atoms with Crippen LogP contribution >= 0.6 is 11.3 Å². The molecule has 3 atom stereocenters. The van der Waals surface area contributed by atoms with Gasteiger partial charge in [0.05, 0.1) is 16.3 Å². The summed E-state index contributed by atoms with van der Waals surface area (Å²) in [4.78, 5) is 19.5. The third kappa shape index (κ3) is 3.11. The number of likely N-dealkylation sites (tertiary alicyclic amines) is 1. The third-order valence-electron chi connectivity index (χ3n) is 6.62. The average Bonchev–Trinajstić information content (AvgIpc) is 3.09. The number of likely N-dealkylation sites (N-methyl/N-ethyl adjacent to an activating group) is 1. The number of rotatable bonds is 2. The van der Waals surface area contributed by atoms with Crippen LogP contribution < -0.4 is 10.6 Å². The largest absolute Gasteiger partial charge is 0.508 e. The molecule has 30 heavy (non-hydrogen) atoms. The molecule has 2 aromatic carbocycles. The number of urea groups is 1. The van der Waals surface area contributed by atoms with Gasteiger partial charge in [-0.15, -0.1) is 0 Å². The fraction of sp³-hybridized carbons (Fsp3) is 0.364. The molecule has 1 aromatic heterocycles. The van der Waals surface area contributed by atoms with Gasteiger partial charge in [0.2, 0.25) is 0 Å². The van der Waals surface area contributed by atoms with Crippen LogP contribution in [-0.2, 0) is 11.8 Å². The minimum absolute atomic E-state index is 0.114. The summed E-state index contributed by atoms with van der Waals surface area (Å²) in [5, 5.41) is 16.5. The number of aromatic nitrogens is 1. The molecule has 0 saturated carbocycles. The molecule has 5 rings (SSSR count). The average molecular weight is 427 g/mol. The Kier molecular flexibility index (Phi) is 4.44. The zero-order valence-corrected chi connectivity index (χ0v) is 17.6. The number of anilines is 1. The summed E-state index contributed by atoms with van der Waals surface area (Å²) in [5.74, 6) is -0.103. The van der Waals surface area contributed by atoms with Gasteiger partial charge in [0.1, 0.15) is 11.6 Å². The summed E-state index contributed by atoms with van der Waals surface area (Å²) < 4.78 is 14.2. The van der Waals surface area contributed by atoms with E-state index in [0.717, 1.165) is 29.6 Å². The van der Waals surface area contributed by atoms with Crippen molar-refractivity contribution in [3.63, 3.8) is 0 Å². The molecule has 1 fully saturated rings. The van der Waals surface area contributed by atoms with Crippen LogP contribution in [0, 0.1) is 5.82 Å². The Balaban J connectivity index is 1.41. The van der Waals surface area contributed by atoms with E-state index in [1.54, 1.807) is 12.1 Å². The number of halogens is 1. The molecule has 2 bridgehead atoms. The maximum atomic E-state index is 13.4. The molecular weight excluding hydrogens is 403 g/mol. The van der Waals surface area contributed by atoms with E-state index < -0.39 is 0 Å². The monoisotopic (exact) mass is 426 g/mol. The molecular formula is C22H23FN4O2S. The first-order valence-electron chi connectivity index (χ1n) is 10.00. The number of benzene rings is 2. The topological polar surface area (TPSA) is 77.5 Å². The summed E-state index contributed by atoms with van der Waals surface area (Å²) in [5.41, 5.74) is 2.57. The Labute approximate surface area is 177 Å². The van der Waals surface area contributed by atoms with Crippen LogP contribution in [0.2, 0.25) is 0 Å². The van der Waals surface area contributed by atoms with E-state index in [0.29, 0.717) is 10.6 Å². The van der Waals surface area contributed by atoms with Gasteiger partial charge in [-0.3, -0.25) is 5.32 Å². The Bertz CT molecular complexity index is 1150. The van der Waals surface area contributed by atoms with Crippen molar-refractivity contribution in [1.82, 2.24) is 15.2 Å². The van der Waals surface area contributed by atoms with Gasteiger partial charge in [0.25, 0.3) is 0 Å². The molecule has 6 nitrogen and oxygen atoms in total. The number of hydrogen-bond donors (Lipinski definition) is 3.